The second kappa shape index (κ2) is 13.1. The maximum atomic E-state index is 15.4. The van der Waals surface area contributed by atoms with E-state index in [4.69, 9.17) is 0 Å². The van der Waals surface area contributed by atoms with E-state index in [1.807, 2.05) is 0 Å². The maximum Gasteiger partial charge on any atom is 0.364 e. The normalized spacial score (nSPS) is 48.2. The van der Waals surface area contributed by atoms with Gasteiger partial charge in [-0.05, 0) is 74.5 Å². The van der Waals surface area contributed by atoms with Gasteiger partial charge in [-0.2, -0.15) is 8.78 Å². The molecule has 10 unspecified atom stereocenters. The summed E-state index contributed by atoms with van der Waals surface area (Å²) in [4.78, 5) is 0. The van der Waals surface area contributed by atoms with Crippen LogP contribution in [0.1, 0.15) is 97.3 Å². The summed E-state index contributed by atoms with van der Waals surface area (Å²) < 4.78 is 122. The SMILES string of the molecule is CCCCC1CCC(C2CCC(C3CC(F)C(C(F)(F)OC4CC(F)C(F)C(F)C4C)C(F)C3)C(F)C2)CC1. The van der Waals surface area contributed by atoms with Gasteiger partial charge in [-0.25, -0.2) is 26.3 Å². The van der Waals surface area contributed by atoms with Crippen molar-refractivity contribution >= 4 is 0 Å². The van der Waals surface area contributed by atoms with Crippen LogP contribution in [0.15, 0.2) is 0 Å². The van der Waals surface area contributed by atoms with Crippen LogP contribution in [-0.4, -0.2) is 49.2 Å². The highest BCUT2D eigenvalue weighted by atomic mass is 19.3. The molecule has 228 valence electrons. The van der Waals surface area contributed by atoms with Crippen molar-refractivity contribution in [1.29, 1.82) is 0 Å². The molecule has 0 heterocycles. The fourth-order valence-corrected chi connectivity index (χ4v) is 8.23. The van der Waals surface area contributed by atoms with Gasteiger partial charge in [-0.15, -0.1) is 0 Å². The molecule has 0 aromatic heterocycles. The summed E-state index contributed by atoms with van der Waals surface area (Å²) >= 11 is 0. The number of hydrogen-bond donors (Lipinski definition) is 0. The van der Waals surface area contributed by atoms with E-state index in [0.29, 0.717) is 18.8 Å². The lowest BCUT2D eigenvalue weighted by Gasteiger charge is -2.46. The first-order valence-corrected chi connectivity index (χ1v) is 15.3. The predicted octanol–water partition coefficient (Wildman–Crippen LogP) is 9.47. The van der Waals surface area contributed by atoms with Crippen molar-refractivity contribution in [3.63, 3.8) is 0 Å². The van der Waals surface area contributed by atoms with E-state index in [2.05, 4.69) is 11.7 Å². The molecule has 4 saturated carbocycles. The fraction of sp³-hybridized carbons (Fsp3) is 1.00. The Bertz CT molecular complexity index is 749. The summed E-state index contributed by atoms with van der Waals surface area (Å²) in [6, 6.07) is 0. The van der Waals surface area contributed by atoms with Crippen molar-refractivity contribution in [2.75, 3.05) is 0 Å². The molecule has 0 saturated heterocycles. The molecule has 0 amide bonds. The van der Waals surface area contributed by atoms with Crippen LogP contribution in [0.2, 0.25) is 0 Å². The Hall–Kier alpha value is -0.600. The Labute approximate surface area is 228 Å². The Morgan fingerprint density at radius 3 is 1.85 bits per heavy atom. The Morgan fingerprint density at radius 1 is 0.667 bits per heavy atom. The first-order chi connectivity index (χ1) is 18.4. The zero-order chi connectivity index (χ0) is 28.5. The molecule has 4 rings (SSSR count). The number of halogens is 8. The Morgan fingerprint density at radius 2 is 1.26 bits per heavy atom. The zero-order valence-corrected chi connectivity index (χ0v) is 23.2. The molecule has 0 radical (unpaired) electrons. The van der Waals surface area contributed by atoms with E-state index in [9.17, 15) is 13.2 Å². The largest absolute Gasteiger partial charge is 0.364 e. The van der Waals surface area contributed by atoms with Gasteiger partial charge in [0.05, 0.1) is 6.10 Å². The van der Waals surface area contributed by atoms with E-state index < -0.39 is 92.2 Å². The summed E-state index contributed by atoms with van der Waals surface area (Å²) in [6.07, 6.45) is -10.6. The third kappa shape index (κ3) is 7.07. The third-order valence-corrected chi connectivity index (χ3v) is 10.7. The highest BCUT2D eigenvalue weighted by Gasteiger charge is 2.58. The number of hydrogen-bond acceptors (Lipinski definition) is 1. The van der Waals surface area contributed by atoms with E-state index in [-0.39, 0.29) is 5.92 Å². The minimum atomic E-state index is -4.33. The van der Waals surface area contributed by atoms with Crippen LogP contribution >= 0.6 is 0 Å². The molecule has 39 heavy (non-hydrogen) atoms. The van der Waals surface area contributed by atoms with Crippen LogP contribution in [0.5, 0.6) is 0 Å². The van der Waals surface area contributed by atoms with Gasteiger partial charge in [0.15, 0.2) is 6.17 Å². The van der Waals surface area contributed by atoms with E-state index in [1.165, 1.54) is 32.1 Å². The maximum absolute atomic E-state index is 15.4. The van der Waals surface area contributed by atoms with Crippen LogP contribution in [-0.2, 0) is 4.74 Å². The van der Waals surface area contributed by atoms with E-state index >= 15 is 22.0 Å². The fourth-order valence-electron chi connectivity index (χ4n) is 8.23. The van der Waals surface area contributed by atoms with Crippen molar-refractivity contribution in [3.8, 4) is 0 Å². The van der Waals surface area contributed by atoms with Gasteiger partial charge in [0, 0.05) is 12.3 Å². The molecule has 1 nitrogen and oxygen atoms in total. The quantitative estimate of drug-likeness (QED) is 0.262. The van der Waals surface area contributed by atoms with Gasteiger partial charge in [0.2, 0.25) is 0 Å². The summed E-state index contributed by atoms with van der Waals surface area (Å²) in [6.45, 7) is 3.31. The third-order valence-electron chi connectivity index (χ3n) is 10.7. The van der Waals surface area contributed by atoms with Crippen molar-refractivity contribution < 1.29 is 39.9 Å². The summed E-state index contributed by atoms with van der Waals surface area (Å²) in [5.41, 5.74) is 0. The molecule has 0 N–H and O–H groups in total. The first kappa shape index (κ1) is 31.3. The van der Waals surface area contributed by atoms with Gasteiger partial charge < -0.3 is 4.74 Å². The minimum Gasteiger partial charge on any atom is -0.316 e. The van der Waals surface area contributed by atoms with Gasteiger partial charge >= 0.3 is 6.11 Å². The number of alkyl halides is 8. The first-order valence-electron chi connectivity index (χ1n) is 15.3. The van der Waals surface area contributed by atoms with Crippen LogP contribution < -0.4 is 0 Å². The molecule has 0 aromatic carbocycles. The number of rotatable bonds is 8. The predicted molar refractivity (Wildman–Crippen MR) is 135 cm³/mol. The lowest BCUT2D eigenvalue weighted by molar-refractivity contribution is -0.330. The standard InChI is InChI=1S/C30H46F8O/c1-3-4-5-17-6-8-18(9-7-17)19-10-11-21(22(31)12-19)20-13-23(32)27(24(33)14-20)30(37,38)39-26-15-25(34)29(36)28(35)16(26)2/h16-29H,3-15H2,1-2H3. The highest BCUT2D eigenvalue weighted by molar-refractivity contribution is 4.98. The van der Waals surface area contributed by atoms with Gasteiger partial charge in [-0.3, -0.25) is 0 Å². The van der Waals surface area contributed by atoms with Gasteiger partial charge in [0.25, 0.3) is 0 Å². The second-order valence-electron chi connectivity index (χ2n) is 13.2. The molecule has 4 aliphatic rings. The molecule has 0 aromatic rings. The zero-order valence-electron chi connectivity index (χ0n) is 23.2. The average molecular weight is 575 g/mol. The van der Waals surface area contributed by atoms with E-state index in [1.54, 1.807) is 0 Å². The summed E-state index contributed by atoms with van der Waals surface area (Å²) in [5.74, 6) is -3.57. The smallest absolute Gasteiger partial charge is 0.316 e. The average Bonchev–Trinajstić information content (AvgIpc) is 2.88. The number of unbranched alkanes of at least 4 members (excludes halogenated alkanes) is 1. The van der Waals surface area contributed by atoms with Crippen LogP contribution in [0.25, 0.3) is 0 Å². The number of ether oxygens (including phenoxy) is 1. The lowest BCUT2D eigenvalue weighted by atomic mass is 9.63. The molecule has 10 atom stereocenters. The molecule has 9 heteroatoms. The second-order valence-corrected chi connectivity index (χ2v) is 13.2. The molecule has 0 aliphatic heterocycles. The van der Waals surface area contributed by atoms with Crippen molar-refractivity contribution in [1.82, 2.24) is 0 Å². The highest BCUT2D eigenvalue weighted by Crippen LogP contribution is 2.51. The topological polar surface area (TPSA) is 9.23 Å². The van der Waals surface area contributed by atoms with Crippen LogP contribution in [0.3, 0.4) is 0 Å². The molecule has 0 bridgehead atoms. The van der Waals surface area contributed by atoms with Crippen LogP contribution in [0.4, 0.5) is 35.1 Å². The van der Waals surface area contributed by atoms with E-state index in [0.717, 1.165) is 32.1 Å². The summed E-state index contributed by atoms with van der Waals surface area (Å²) in [7, 11) is 0. The molecule has 4 aliphatic carbocycles. The van der Waals surface area contributed by atoms with Crippen molar-refractivity contribution in [2.24, 2.45) is 41.4 Å². The monoisotopic (exact) mass is 574 g/mol. The molecule has 0 spiro atoms. The lowest BCUT2D eigenvalue weighted by Crippen LogP contribution is -2.54. The van der Waals surface area contributed by atoms with Crippen LogP contribution in [0, 0.1) is 41.4 Å². The van der Waals surface area contributed by atoms with Gasteiger partial charge in [0.1, 0.15) is 36.8 Å². The Kier molecular flexibility index (Phi) is 10.6. The Balaban J connectivity index is 1.30. The van der Waals surface area contributed by atoms with Crippen molar-refractivity contribution in [3.05, 3.63) is 0 Å². The summed E-state index contributed by atoms with van der Waals surface area (Å²) in [5, 5.41) is 0. The van der Waals surface area contributed by atoms with Crippen molar-refractivity contribution in [2.45, 2.75) is 147 Å². The molecule has 4 fully saturated rings. The van der Waals surface area contributed by atoms with Gasteiger partial charge in [-0.1, -0.05) is 46.0 Å². The molecular weight excluding hydrogens is 528 g/mol. The molecular formula is C30H46F8O. The minimum absolute atomic E-state index is 0.264.